The highest BCUT2D eigenvalue weighted by Gasteiger charge is 2.34. The first-order chi connectivity index (χ1) is 8.96. The van der Waals surface area contributed by atoms with E-state index < -0.39 is 0 Å². The zero-order valence-electron chi connectivity index (χ0n) is 11.6. The van der Waals surface area contributed by atoms with Crippen molar-refractivity contribution < 1.29 is 9.84 Å². The molecule has 0 aliphatic carbocycles. The van der Waals surface area contributed by atoms with Crippen molar-refractivity contribution in [2.24, 2.45) is 0 Å². The van der Waals surface area contributed by atoms with Gasteiger partial charge >= 0.3 is 0 Å². The number of halogens is 1. The second-order valence-electron chi connectivity index (χ2n) is 5.38. The van der Waals surface area contributed by atoms with Crippen LogP contribution in [-0.4, -0.2) is 46.5 Å². The number of morpholine rings is 1. The van der Waals surface area contributed by atoms with E-state index in [4.69, 9.17) is 16.3 Å². The Labute approximate surface area is 118 Å². The monoisotopic (exact) mass is 285 g/mol. The van der Waals surface area contributed by atoms with Crippen molar-refractivity contribution in [1.29, 1.82) is 0 Å². The molecule has 6 heteroatoms. The molecule has 2 rings (SSSR count). The predicted molar refractivity (Wildman–Crippen MR) is 74.7 cm³/mol. The summed E-state index contributed by atoms with van der Waals surface area (Å²) in [5, 5.41) is 9.86. The Bertz CT molecular complexity index is 454. The van der Waals surface area contributed by atoms with Crippen LogP contribution in [0, 0.1) is 0 Å². The van der Waals surface area contributed by atoms with E-state index in [-0.39, 0.29) is 18.3 Å². The summed E-state index contributed by atoms with van der Waals surface area (Å²) in [5.74, 6) is 0.845. The van der Waals surface area contributed by atoms with Crippen LogP contribution in [0.3, 0.4) is 0 Å². The van der Waals surface area contributed by atoms with Gasteiger partial charge in [0.25, 0.3) is 0 Å². The van der Waals surface area contributed by atoms with E-state index in [0.29, 0.717) is 18.2 Å². The van der Waals surface area contributed by atoms with Crippen LogP contribution in [0.5, 0.6) is 0 Å². The smallest absolute Gasteiger partial charge is 0.137 e. The van der Waals surface area contributed by atoms with E-state index in [2.05, 4.69) is 14.9 Å². The first-order valence-electron chi connectivity index (χ1n) is 6.50. The molecule has 2 heterocycles. The predicted octanol–water partition coefficient (Wildman–Crippen LogP) is 1.67. The highest BCUT2D eigenvalue weighted by atomic mass is 35.5. The summed E-state index contributed by atoms with van der Waals surface area (Å²) in [7, 11) is 0. The van der Waals surface area contributed by atoms with Gasteiger partial charge in [0.15, 0.2) is 0 Å². The number of rotatable bonds is 3. The van der Waals surface area contributed by atoms with E-state index >= 15 is 0 Å². The van der Waals surface area contributed by atoms with E-state index in [1.807, 2.05) is 20.8 Å². The van der Waals surface area contributed by atoms with Gasteiger partial charge in [-0.05, 0) is 20.3 Å². The van der Waals surface area contributed by atoms with Gasteiger partial charge in [0.2, 0.25) is 0 Å². The fourth-order valence-corrected chi connectivity index (χ4v) is 2.77. The third kappa shape index (κ3) is 3.16. The molecule has 5 nitrogen and oxygen atoms in total. The Kier molecular flexibility index (Phi) is 4.28. The van der Waals surface area contributed by atoms with Crippen LogP contribution in [0.4, 0.5) is 5.82 Å². The number of ether oxygens (including phenoxy) is 1. The summed E-state index contributed by atoms with van der Waals surface area (Å²) in [4.78, 5) is 10.5. The van der Waals surface area contributed by atoms with Crippen molar-refractivity contribution in [2.45, 2.75) is 38.9 Å². The minimum absolute atomic E-state index is 0.000202. The van der Waals surface area contributed by atoms with Gasteiger partial charge in [-0.25, -0.2) is 9.97 Å². The molecule has 106 valence electrons. The van der Waals surface area contributed by atoms with Gasteiger partial charge in [-0.1, -0.05) is 18.5 Å². The molecular formula is C13H20ClN3O2. The average molecular weight is 286 g/mol. The van der Waals surface area contributed by atoms with Gasteiger partial charge in [-0.3, -0.25) is 0 Å². The normalized spacial score (nSPS) is 22.6. The van der Waals surface area contributed by atoms with Crippen molar-refractivity contribution in [3.8, 4) is 0 Å². The zero-order chi connectivity index (χ0) is 14.0. The average Bonchev–Trinajstić information content (AvgIpc) is 2.36. The number of hydrogen-bond donors (Lipinski definition) is 1. The maximum atomic E-state index is 9.36. The Morgan fingerprint density at radius 2 is 2.26 bits per heavy atom. The fourth-order valence-electron chi connectivity index (χ4n) is 2.51. The molecule has 1 aliphatic heterocycles. The molecule has 1 aromatic rings. The summed E-state index contributed by atoms with van der Waals surface area (Å²) in [6.45, 7) is 7.37. The van der Waals surface area contributed by atoms with Crippen molar-refractivity contribution in [3.05, 3.63) is 17.0 Å². The molecule has 1 unspecified atom stereocenters. The molecule has 1 N–H and O–H groups in total. The number of hydrogen-bond acceptors (Lipinski definition) is 5. The molecule has 1 fully saturated rings. The van der Waals surface area contributed by atoms with Crippen LogP contribution in [-0.2, 0) is 11.2 Å². The highest BCUT2D eigenvalue weighted by molar-refractivity contribution is 6.30. The van der Waals surface area contributed by atoms with Gasteiger partial charge in [0.05, 0.1) is 18.3 Å². The second kappa shape index (κ2) is 5.61. The molecule has 0 amide bonds. The maximum absolute atomic E-state index is 9.36. The Hall–Kier alpha value is -0.910. The topological polar surface area (TPSA) is 58.5 Å². The van der Waals surface area contributed by atoms with Crippen LogP contribution in [0.2, 0.25) is 5.15 Å². The standard InChI is InChI=1S/C13H20ClN3O2/c1-4-10-11(14)15-8-16-12(10)17-5-9(6-18)19-13(2,3)7-17/h8-9,18H,4-7H2,1-3H3. The van der Waals surface area contributed by atoms with Gasteiger partial charge < -0.3 is 14.7 Å². The van der Waals surface area contributed by atoms with Crippen LogP contribution in [0.25, 0.3) is 0 Å². The van der Waals surface area contributed by atoms with E-state index in [0.717, 1.165) is 17.8 Å². The summed E-state index contributed by atoms with van der Waals surface area (Å²) in [5.41, 5.74) is 0.618. The molecule has 0 radical (unpaired) electrons. The SMILES string of the molecule is CCc1c(Cl)ncnc1N1CC(CO)OC(C)(C)C1. The van der Waals surface area contributed by atoms with Gasteiger partial charge in [0.1, 0.15) is 17.3 Å². The highest BCUT2D eigenvalue weighted by Crippen LogP contribution is 2.29. The molecule has 1 aromatic heterocycles. The largest absolute Gasteiger partial charge is 0.394 e. The van der Waals surface area contributed by atoms with E-state index in [1.165, 1.54) is 6.33 Å². The summed E-state index contributed by atoms with van der Waals surface area (Å²) in [6, 6.07) is 0. The summed E-state index contributed by atoms with van der Waals surface area (Å²) < 4.78 is 5.81. The lowest BCUT2D eigenvalue weighted by atomic mass is 10.0. The van der Waals surface area contributed by atoms with Crippen LogP contribution in [0.1, 0.15) is 26.3 Å². The van der Waals surface area contributed by atoms with Crippen molar-refractivity contribution >= 4 is 17.4 Å². The molecule has 0 aromatic carbocycles. The number of nitrogens with zero attached hydrogens (tertiary/aromatic N) is 3. The molecule has 0 saturated carbocycles. The zero-order valence-corrected chi connectivity index (χ0v) is 12.3. The second-order valence-corrected chi connectivity index (χ2v) is 5.74. The van der Waals surface area contributed by atoms with E-state index in [1.54, 1.807) is 0 Å². The van der Waals surface area contributed by atoms with Crippen molar-refractivity contribution in [2.75, 3.05) is 24.6 Å². The Morgan fingerprint density at radius 1 is 1.53 bits per heavy atom. The summed E-state index contributed by atoms with van der Waals surface area (Å²) >= 11 is 6.13. The molecule has 1 saturated heterocycles. The van der Waals surface area contributed by atoms with Gasteiger partial charge in [-0.2, -0.15) is 0 Å². The van der Waals surface area contributed by atoms with Crippen LogP contribution in [0.15, 0.2) is 6.33 Å². The molecule has 1 atom stereocenters. The fraction of sp³-hybridized carbons (Fsp3) is 0.692. The first kappa shape index (κ1) is 14.5. The lowest BCUT2D eigenvalue weighted by Crippen LogP contribution is -2.54. The van der Waals surface area contributed by atoms with E-state index in [9.17, 15) is 5.11 Å². The number of aromatic nitrogens is 2. The van der Waals surface area contributed by atoms with Crippen LogP contribution < -0.4 is 4.90 Å². The molecule has 0 spiro atoms. The quantitative estimate of drug-likeness (QED) is 0.856. The Morgan fingerprint density at radius 3 is 2.89 bits per heavy atom. The van der Waals surface area contributed by atoms with Crippen molar-refractivity contribution in [3.63, 3.8) is 0 Å². The number of aliphatic hydroxyl groups excluding tert-OH is 1. The lowest BCUT2D eigenvalue weighted by molar-refractivity contribution is -0.101. The third-order valence-corrected chi connectivity index (χ3v) is 3.53. The number of aliphatic hydroxyl groups is 1. The lowest BCUT2D eigenvalue weighted by Gasteiger charge is -2.43. The first-order valence-corrected chi connectivity index (χ1v) is 6.87. The molecule has 19 heavy (non-hydrogen) atoms. The van der Waals surface area contributed by atoms with Crippen molar-refractivity contribution in [1.82, 2.24) is 9.97 Å². The third-order valence-electron chi connectivity index (χ3n) is 3.21. The number of anilines is 1. The molecular weight excluding hydrogens is 266 g/mol. The Balaban J connectivity index is 2.33. The minimum Gasteiger partial charge on any atom is -0.394 e. The molecule has 0 bridgehead atoms. The maximum Gasteiger partial charge on any atom is 0.137 e. The minimum atomic E-state index is -0.325. The van der Waals surface area contributed by atoms with Gasteiger partial charge in [0, 0.05) is 18.7 Å². The van der Waals surface area contributed by atoms with Crippen LogP contribution >= 0.6 is 11.6 Å². The summed E-state index contributed by atoms with van der Waals surface area (Å²) in [6.07, 6.45) is 2.05. The van der Waals surface area contributed by atoms with Gasteiger partial charge in [-0.15, -0.1) is 0 Å². The molecule has 1 aliphatic rings.